The van der Waals surface area contributed by atoms with Crippen molar-refractivity contribution in [2.24, 2.45) is 0 Å². The molecule has 3 rings (SSSR count). The van der Waals surface area contributed by atoms with Crippen LogP contribution in [0.3, 0.4) is 0 Å². The molecule has 2 aromatic carbocycles. The third-order valence-electron chi connectivity index (χ3n) is 4.73. The Kier molecular flexibility index (Phi) is 6.01. The van der Waals surface area contributed by atoms with Gasteiger partial charge in [0.1, 0.15) is 5.75 Å². The molecule has 2 amide bonds. The van der Waals surface area contributed by atoms with E-state index in [2.05, 4.69) is 0 Å². The van der Waals surface area contributed by atoms with E-state index >= 15 is 0 Å². The van der Waals surface area contributed by atoms with Gasteiger partial charge in [-0.2, -0.15) is 0 Å². The standard InChI is InChI=1S/C21H23ClN2O3/c1-15-5-3-4-6-19(15)21(26)24-13-11-23(12-14-24)20(25)16(2)27-18-9-7-17(22)8-10-18/h3-10,16H,11-14H2,1-2H3. The van der Waals surface area contributed by atoms with Gasteiger partial charge in [0, 0.05) is 36.8 Å². The van der Waals surface area contributed by atoms with Gasteiger partial charge in [0.05, 0.1) is 0 Å². The van der Waals surface area contributed by atoms with Crippen molar-refractivity contribution in [3.63, 3.8) is 0 Å². The van der Waals surface area contributed by atoms with Crippen LogP contribution in [0.25, 0.3) is 0 Å². The molecule has 0 saturated carbocycles. The Morgan fingerprint density at radius 1 is 0.963 bits per heavy atom. The maximum absolute atomic E-state index is 12.7. The second-order valence-corrected chi connectivity index (χ2v) is 7.08. The van der Waals surface area contributed by atoms with E-state index in [1.54, 1.807) is 41.0 Å². The predicted octanol–water partition coefficient (Wildman–Crippen LogP) is 3.40. The summed E-state index contributed by atoms with van der Waals surface area (Å²) in [5, 5.41) is 0.621. The molecule has 1 aliphatic heterocycles. The van der Waals surface area contributed by atoms with Gasteiger partial charge in [-0.05, 0) is 49.7 Å². The Labute approximate surface area is 164 Å². The fourth-order valence-corrected chi connectivity index (χ4v) is 3.26. The molecule has 1 unspecified atom stereocenters. The molecule has 1 saturated heterocycles. The van der Waals surface area contributed by atoms with Crippen molar-refractivity contribution in [3.05, 3.63) is 64.7 Å². The van der Waals surface area contributed by atoms with Crippen LogP contribution in [0, 0.1) is 6.92 Å². The first kappa shape index (κ1) is 19.2. The first-order valence-electron chi connectivity index (χ1n) is 9.01. The van der Waals surface area contributed by atoms with Crippen LogP contribution < -0.4 is 4.74 Å². The van der Waals surface area contributed by atoms with Crippen molar-refractivity contribution in [2.75, 3.05) is 26.2 Å². The van der Waals surface area contributed by atoms with Crippen molar-refractivity contribution in [1.29, 1.82) is 0 Å². The first-order valence-corrected chi connectivity index (χ1v) is 9.39. The second-order valence-electron chi connectivity index (χ2n) is 6.65. The highest BCUT2D eigenvalue weighted by molar-refractivity contribution is 6.30. The zero-order valence-corrected chi connectivity index (χ0v) is 16.3. The molecule has 1 fully saturated rings. The molecule has 0 radical (unpaired) electrons. The molecule has 1 aliphatic rings. The van der Waals surface area contributed by atoms with Crippen LogP contribution >= 0.6 is 11.6 Å². The number of amides is 2. The molecule has 142 valence electrons. The number of hydrogen-bond donors (Lipinski definition) is 0. The molecule has 0 bridgehead atoms. The monoisotopic (exact) mass is 386 g/mol. The number of nitrogens with zero attached hydrogens (tertiary/aromatic N) is 2. The van der Waals surface area contributed by atoms with Crippen LogP contribution in [0.1, 0.15) is 22.8 Å². The van der Waals surface area contributed by atoms with Crippen LogP contribution in [0.4, 0.5) is 0 Å². The highest BCUT2D eigenvalue weighted by Crippen LogP contribution is 2.18. The summed E-state index contributed by atoms with van der Waals surface area (Å²) in [4.78, 5) is 28.9. The summed E-state index contributed by atoms with van der Waals surface area (Å²) in [7, 11) is 0. The normalized spacial score (nSPS) is 15.4. The second kappa shape index (κ2) is 8.44. The van der Waals surface area contributed by atoms with Crippen LogP contribution in [0.5, 0.6) is 5.75 Å². The number of rotatable bonds is 4. The Morgan fingerprint density at radius 3 is 2.19 bits per heavy atom. The SMILES string of the molecule is Cc1ccccc1C(=O)N1CCN(C(=O)C(C)Oc2ccc(Cl)cc2)CC1. The number of ether oxygens (including phenoxy) is 1. The highest BCUT2D eigenvalue weighted by atomic mass is 35.5. The number of hydrogen-bond acceptors (Lipinski definition) is 3. The summed E-state index contributed by atoms with van der Waals surface area (Å²) >= 11 is 5.86. The number of halogens is 1. The Bertz CT molecular complexity index is 814. The fourth-order valence-electron chi connectivity index (χ4n) is 3.14. The zero-order valence-electron chi connectivity index (χ0n) is 15.5. The lowest BCUT2D eigenvalue weighted by Crippen LogP contribution is -2.53. The predicted molar refractivity (Wildman–Crippen MR) is 105 cm³/mol. The molecule has 0 aliphatic carbocycles. The van der Waals surface area contributed by atoms with Gasteiger partial charge in [-0.3, -0.25) is 9.59 Å². The lowest BCUT2D eigenvalue weighted by Gasteiger charge is -2.36. The summed E-state index contributed by atoms with van der Waals surface area (Å²) < 4.78 is 5.71. The Hall–Kier alpha value is -2.53. The number of aryl methyl sites for hydroxylation is 1. The van der Waals surface area contributed by atoms with E-state index in [9.17, 15) is 9.59 Å². The number of carbonyl (C=O) groups is 2. The van der Waals surface area contributed by atoms with Gasteiger partial charge < -0.3 is 14.5 Å². The van der Waals surface area contributed by atoms with Crippen molar-refractivity contribution in [2.45, 2.75) is 20.0 Å². The third kappa shape index (κ3) is 4.61. The van der Waals surface area contributed by atoms with Crippen LogP contribution in [0.15, 0.2) is 48.5 Å². The van der Waals surface area contributed by atoms with Crippen molar-refractivity contribution >= 4 is 23.4 Å². The van der Waals surface area contributed by atoms with Gasteiger partial charge in [-0.1, -0.05) is 29.8 Å². The maximum atomic E-state index is 12.7. The third-order valence-corrected chi connectivity index (χ3v) is 4.98. The summed E-state index contributed by atoms with van der Waals surface area (Å²) in [6.07, 6.45) is -0.593. The van der Waals surface area contributed by atoms with Gasteiger partial charge in [0.2, 0.25) is 0 Å². The van der Waals surface area contributed by atoms with Gasteiger partial charge in [0.15, 0.2) is 6.10 Å². The number of piperazine rings is 1. The van der Waals surface area contributed by atoms with E-state index in [0.29, 0.717) is 37.0 Å². The van der Waals surface area contributed by atoms with Gasteiger partial charge in [0.25, 0.3) is 11.8 Å². The lowest BCUT2D eigenvalue weighted by molar-refractivity contribution is -0.139. The van der Waals surface area contributed by atoms with Gasteiger partial charge in [-0.15, -0.1) is 0 Å². The molecule has 2 aromatic rings. The van der Waals surface area contributed by atoms with E-state index in [1.807, 2.05) is 31.2 Å². The number of benzene rings is 2. The molecule has 0 N–H and O–H groups in total. The van der Waals surface area contributed by atoms with E-state index in [-0.39, 0.29) is 11.8 Å². The average Bonchev–Trinajstić information content (AvgIpc) is 2.69. The first-order chi connectivity index (χ1) is 13.0. The van der Waals surface area contributed by atoms with E-state index in [1.165, 1.54) is 0 Å². The number of carbonyl (C=O) groups excluding carboxylic acids is 2. The topological polar surface area (TPSA) is 49.9 Å². The van der Waals surface area contributed by atoms with Crippen LogP contribution in [-0.2, 0) is 4.79 Å². The quantitative estimate of drug-likeness (QED) is 0.809. The largest absolute Gasteiger partial charge is 0.481 e. The molecule has 6 heteroatoms. The smallest absolute Gasteiger partial charge is 0.263 e. The Morgan fingerprint density at radius 2 is 1.56 bits per heavy atom. The maximum Gasteiger partial charge on any atom is 0.263 e. The highest BCUT2D eigenvalue weighted by Gasteiger charge is 2.28. The molecule has 1 atom stereocenters. The van der Waals surface area contributed by atoms with E-state index in [0.717, 1.165) is 11.1 Å². The average molecular weight is 387 g/mol. The summed E-state index contributed by atoms with van der Waals surface area (Å²) in [5.41, 5.74) is 1.68. The Balaban J connectivity index is 1.55. The minimum absolute atomic E-state index is 0.0191. The van der Waals surface area contributed by atoms with E-state index < -0.39 is 6.10 Å². The van der Waals surface area contributed by atoms with Gasteiger partial charge in [-0.25, -0.2) is 0 Å². The molecule has 5 nitrogen and oxygen atoms in total. The van der Waals surface area contributed by atoms with E-state index in [4.69, 9.17) is 16.3 Å². The van der Waals surface area contributed by atoms with Crippen molar-refractivity contribution < 1.29 is 14.3 Å². The minimum Gasteiger partial charge on any atom is -0.481 e. The van der Waals surface area contributed by atoms with Gasteiger partial charge >= 0.3 is 0 Å². The fraction of sp³-hybridized carbons (Fsp3) is 0.333. The molecular formula is C21H23ClN2O3. The van der Waals surface area contributed by atoms with Crippen molar-refractivity contribution in [1.82, 2.24) is 9.80 Å². The molecule has 0 aromatic heterocycles. The lowest BCUT2D eigenvalue weighted by atomic mass is 10.1. The van der Waals surface area contributed by atoms with Crippen LogP contribution in [-0.4, -0.2) is 53.9 Å². The van der Waals surface area contributed by atoms with Crippen LogP contribution in [0.2, 0.25) is 5.02 Å². The summed E-state index contributed by atoms with van der Waals surface area (Å²) in [6, 6.07) is 14.5. The minimum atomic E-state index is -0.593. The zero-order chi connectivity index (χ0) is 19.4. The molecule has 1 heterocycles. The summed E-state index contributed by atoms with van der Waals surface area (Å²) in [5.74, 6) is 0.548. The molecule has 27 heavy (non-hydrogen) atoms. The molecular weight excluding hydrogens is 364 g/mol. The van der Waals surface area contributed by atoms with Crippen molar-refractivity contribution in [3.8, 4) is 5.75 Å². The molecule has 0 spiro atoms. The summed E-state index contributed by atoms with van der Waals surface area (Å²) in [6.45, 7) is 5.72.